The summed E-state index contributed by atoms with van der Waals surface area (Å²) in [5.41, 5.74) is 1.83. The van der Waals surface area contributed by atoms with Crippen molar-refractivity contribution in [3.05, 3.63) is 27.7 Å². The summed E-state index contributed by atoms with van der Waals surface area (Å²) < 4.78 is 5.32. The van der Waals surface area contributed by atoms with Crippen LogP contribution in [0.3, 0.4) is 0 Å². The monoisotopic (exact) mass is 261 g/mol. The van der Waals surface area contributed by atoms with Crippen molar-refractivity contribution in [1.29, 1.82) is 0 Å². The Kier molecular flexibility index (Phi) is 5.39. The number of benzene rings is 1. The van der Waals surface area contributed by atoms with Gasteiger partial charge in [0.15, 0.2) is 0 Å². The lowest BCUT2D eigenvalue weighted by atomic mass is 10.2. The highest BCUT2D eigenvalue weighted by molar-refractivity contribution is 6.35. The summed E-state index contributed by atoms with van der Waals surface area (Å²) in [6.07, 6.45) is 0. The Morgan fingerprint density at radius 3 is 2.62 bits per heavy atom. The van der Waals surface area contributed by atoms with Gasteiger partial charge in [-0.2, -0.15) is 0 Å². The number of aryl methyl sites for hydroxylation is 1. The van der Waals surface area contributed by atoms with Crippen molar-refractivity contribution in [3.63, 3.8) is 0 Å². The zero-order valence-corrected chi connectivity index (χ0v) is 11.3. The molecule has 0 saturated carbocycles. The summed E-state index contributed by atoms with van der Waals surface area (Å²) >= 11 is 12.2. The number of rotatable bonds is 5. The molecule has 1 aromatic rings. The molecule has 0 fully saturated rings. The van der Waals surface area contributed by atoms with Crippen LogP contribution in [-0.2, 0) is 4.74 Å². The molecule has 0 aromatic heterocycles. The largest absolute Gasteiger partial charge is 0.380 e. The van der Waals surface area contributed by atoms with Crippen LogP contribution >= 0.6 is 23.2 Å². The fraction of sp³-hybridized carbons (Fsp3) is 0.500. The third kappa shape index (κ3) is 3.85. The van der Waals surface area contributed by atoms with Crippen LogP contribution in [-0.4, -0.2) is 19.3 Å². The van der Waals surface area contributed by atoms with Crippen LogP contribution < -0.4 is 5.32 Å². The highest BCUT2D eigenvalue weighted by Crippen LogP contribution is 2.29. The van der Waals surface area contributed by atoms with Crippen LogP contribution in [0.15, 0.2) is 12.1 Å². The summed E-state index contributed by atoms with van der Waals surface area (Å²) in [7, 11) is 0. The third-order valence-electron chi connectivity index (χ3n) is 2.22. The van der Waals surface area contributed by atoms with Crippen molar-refractivity contribution in [2.24, 2.45) is 0 Å². The van der Waals surface area contributed by atoms with Gasteiger partial charge >= 0.3 is 0 Å². The first-order valence-corrected chi connectivity index (χ1v) is 6.10. The van der Waals surface area contributed by atoms with E-state index in [0.29, 0.717) is 18.2 Å². The fourth-order valence-electron chi connectivity index (χ4n) is 1.36. The Bertz CT molecular complexity index is 355. The Balaban J connectivity index is 2.69. The lowest BCUT2D eigenvalue weighted by Gasteiger charge is -2.16. The van der Waals surface area contributed by atoms with Crippen LogP contribution in [0, 0.1) is 6.92 Å². The van der Waals surface area contributed by atoms with Crippen LogP contribution in [0.2, 0.25) is 10.0 Å². The number of nitrogens with one attached hydrogen (secondary N) is 1. The van der Waals surface area contributed by atoms with Gasteiger partial charge in [0.25, 0.3) is 0 Å². The van der Waals surface area contributed by atoms with Crippen molar-refractivity contribution in [2.75, 3.05) is 18.5 Å². The molecule has 4 heteroatoms. The number of ether oxygens (including phenoxy) is 1. The van der Waals surface area contributed by atoms with Gasteiger partial charge in [-0.15, -0.1) is 0 Å². The van der Waals surface area contributed by atoms with E-state index in [1.165, 1.54) is 0 Å². The number of hydrogen-bond acceptors (Lipinski definition) is 2. The zero-order valence-electron chi connectivity index (χ0n) is 9.81. The molecule has 0 bridgehead atoms. The van der Waals surface area contributed by atoms with Crippen molar-refractivity contribution < 1.29 is 4.74 Å². The van der Waals surface area contributed by atoms with Gasteiger partial charge in [-0.25, -0.2) is 0 Å². The van der Waals surface area contributed by atoms with E-state index in [-0.39, 0.29) is 6.04 Å². The molecule has 0 radical (unpaired) electrons. The lowest BCUT2D eigenvalue weighted by molar-refractivity contribution is 0.141. The van der Waals surface area contributed by atoms with Gasteiger partial charge < -0.3 is 10.1 Å². The molecule has 0 spiro atoms. The van der Waals surface area contributed by atoms with Crippen molar-refractivity contribution in [1.82, 2.24) is 0 Å². The maximum atomic E-state index is 6.12. The number of anilines is 1. The molecule has 0 aliphatic rings. The summed E-state index contributed by atoms with van der Waals surface area (Å²) in [6, 6.07) is 3.91. The van der Waals surface area contributed by atoms with Gasteiger partial charge in [0, 0.05) is 17.7 Å². The second-order valence-electron chi connectivity index (χ2n) is 3.79. The molecular weight excluding hydrogens is 245 g/mol. The van der Waals surface area contributed by atoms with Crippen LogP contribution in [0.1, 0.15) is 19.4 Å². The highest BCUT2D eigenvalue weighted by Gasteiger charge is 2.07. The molecule has 16 heavy (non-hydrogen) atoms. The zero-order chi connectivity index (χ0) is 12.1. The van der Waals surface area contributed by atoms with E-state index >= 15 is 0 Å². The molecule has 90 valence electrons. The average molecular weight is 262 g/mol. The highest BCUT2D eigenvalue weighted by atomic mass is 35.5. The molecule has 1 aromatic carbocycles. The van der Waals surface area contributed by atoms with E-state index in [9.17, 15) is 0 Å². The molecule has 2 nitrogen and oxygen atoms in total. The van der Waals surface area contributed by atoms with E-state index < -0.39 is 0 Å². The van der Waals surface area contributed by atoms with Gasteiger partial charge in [0.05, 0.1) is 17.3 Å². The van der Waals surface area contributed by atoms with Crippen LogP contribution in [0.25, 0.3) is 0 Å². The first kappa shape index (κ1) is 13.6. The van der Waals surface area contributed by atoms with Gasteiger partial charge in [0.1, 0.15) is 0 Å². The normalized spacial score (nSPS) is 12.6. The quantitative estimate of drug-likeness (QED) is 0.861. The van der Waals surface area contributed by atoms with Crippen molar-refractivity contribution in [3.8, 4) is 0 Å². The predicted octanol–water partition coefficient (Wildman–Crippen LogP) is 4.14. The second kappa shape index (κ2) is 6.33. The van der Waals surface area contributed by atoms with E-state index in [1.54, 1.807) is 0 Å². The summed E-state index contributed by atoms with van der Waals surface area (Å²) in [5, 5.41) is 4.68. The Morgan fingerprint density at radius 2 is 2.00 bits per heavy atom. The first-order valence-electron chi connectivity index (χ1n) is 5.34. The minimum atomic E-state index is 0.205. The molecule has 0 amide bonds. The molecule has 0 aliphatic heterocycles. The first-order chi connectivity index (χ1) is 7.54. The summed E-state index contributed by atoms with van der Waals surface area (Å²) in [6.45, 7) is 7.32. The molecular formula is C12H17Cl2NO. The molecule has 0 heterocycles. The molecule has 1 unspecified atom stereocenters. The van der Waals surface area contributed by atoms with Gasteiger partial charge in [0.2, 0.25) is 0 Å². The Hall–Kier alpha value is -0.440. The third-order valence-corrected chi connectivity index (χ3v) is 2.94. The topological polar surface area (TPSA) is 21.3 Å². The maximum Gasteiger partial charge on any atom is 0.0664 e. The summed E-state index contributed by atoms with van der Waals surface area (Å²) in [4.78, 5) is 0. The van der Waals surface area contributed by atoms with Crippen LogP contribution in [0.5, 0.6) is 0 Å². The van der Waals surface area contributed by atoms with E-state index in [4.69, 9.17) is 27.9 Å². The minimum Gasteiger partial charge on any atom is -0.380 e. The number of hydrogen-bond donors (Lipinski definition) is 1. The van der Waals surface area contributed by atoms with E-state index in [0.717, 1.165) is 16.3 Å². The average Bonchev–Trinajstić information content (AvgIpc) is 2.23. The lowest BCUT2D eigenvalue weighted by Crippen LogP contribution is -2.21. The Labute approximate surface area is 107 Å². The van der Waals surface area contributed by atoms with Crippen LogP contribution in [0.4, 0.5) is 5.69 Å². The second-order valence-corrected chi connectivity index (χ2v) is 4.60. The minimum absolute atomic E-state index is 0.205. The predicted molar refractivity (Wildman–Crippen MR) is 70.8 cm³/mol. The van der Waals surface area contributed by atoms with Crippen molar-refractivity contribution in [2.45, 2.75) is 26.8 Å². The van der Waals surface area contributed by atoms with E-state index in [2.05, 4.69) is 5.32 Å². The molecule has 0 saturated heterocycles. The Morgan fingerprint density at radius 1 is 1.31 bits per heavy atom. The molecule has 0 aliphatic carbocycles. The maximum absolute atomic E-state index is 6.12. The SMILES string of the molecule is CCOCC(C)Nc1cc(Cl)c(C)cc1Cl. The van der Waals surface area contributed by atoms with E-state index in [1.807, 2.05) is 32.9 Å². The fourth-order valence-corrected chi connectivity index (χ4v) is 1.80. The number of halogens is 2. The smallest absolute Gasteiger partial charge is 0.0664 e. The summed E-state index contributed by atoms with van der Waals surface area (Å²) in [5.74, 6) is 0. The standard InChI is InChI=1S/C12H17Cl2NO/c1-4-16-7-9(3)15-12-6-10(13)8(2)5-11(12)14/h5-6,9,15H,4,7H2,1-3H3. The van der Waals surface area contributed by atoms with Gasteiger partial charge in [-0.3, -0.25) is 0 Å². The molecule has 1 atom stereocenters. The molecule has 1 rings (SSSR count). The van der Waals surface area contributed by atoms with Gasteiger partial charge in [-0.1, -0.05) is 23.2 Å². The molecule has 1 N–H and O–H groups in total. The van der Waals surface area contributed by atoms with Gasteiger partial charge in [-0.05, 0) is 38.5 Å². The van der Waals surface area contributed by atoms with Crippen molar-refractivity contribution >= 4 is 28.9 Å².